The third-order valence-electron chi connectivity index (χ3n) is 6.46. The number of hydrogen-bond donors (Lipinski definition) is 1. The number of alkyl halides is 3. The first kappa shape index (κ1) is 23.8. The molecule has 11 heteroatoms. The number of amides is 1. The molecule has 1 N–H and O–H groups in total. The second-order valence-electron chi connectivity index (χ2n) is 8.89. The summed E-state index contributed by atoms with van der Waals surface area (Å²) in [5, 5.41) is 3.24. The van der Waals surface area contributed by atoms with E-state index in [1.165, 1.54) is 12.1 Å². The van der Waals surface area contributed by atoms with Crippen LogP contribution in [0.5, 0.6) is 5.88 Å². The number of hydrogen-bond acceptors (Lipinski definition) is 7. The standard InChI is InChI=1S/C25H25F3N6O2/c1-15-23(35)34-11-3-4-19-21(34)22(33(15)2)32-24(31-19)30-13-17-7-10-20(29-12-17)36-14-16-5-8-18(9-6-16)25(26,27)28/h5-10,12,15H,3-4,11,13-14H2,1-2H3,(H,30,31,32)/t15-/m0/s1. The van der Waals surface area contributed by atoms with Crippen LogP contribution in [0.4, 0.5) is 30.6 Å². The van der Waals surface area contributed by atoms with Gasteiger partial charge in [0.1, 0.15) is 18.3 Å². The lowest BCUT2D eigenvalue weighted by atomic mass is 10.0. The molecule has 0 fully saturated rings. The van der Waals surface area contributed by atoms with Crippen LogP contribution in [0.1, 0.15) is 35.7 Å². The van der Waals surface area contributed by atoms with E-state index in [1.807, 2.05) is 24.9 Å². The summed E-state index contributed by atoms with van der Waals surface area (Å²) in [6, 6.07) is 8.11. The van der Waals surface area contributed by atoms with E-state index in [2.05, 4.69) is 20.3 Å². The van der Waals surface area contributed by atoms with Gasteiger partial charge in [-0.25, -0.2) is 9.97 Å². The summed E-state index contributed by atoms with van der Waals surface area (Å²) in [5.41, 5.74) is 2.48. The molecule has 0 saturated carbocycles. The Morgan fingerprint density at radius 1 is 1.11 bits per heavy atom. The molecule has 188 valence electrons. The van der Waals surface area contributed by atoms with Crippen LogP contribution in [-0.4, -0.2) is 40.5 Å². The Morgan fingerprint density at radius 3 is 2.56 bits per heavy atom. The number of ether oxygens (including phenoxy) is 1. The van der Waals surface area contributed by atoms with Crippen LogP contribution in [-0.2, 0) is 30.5 Å². The van der Waals surface area contributed by atoms with Crippen LogP contribution < -0.4 is 19.9 Å². The summed E-state index contributed by atoms with van der Waals surface area (Å²) in [4.78, 5) is 30.0. The second kappa shape index (κ2) is 9.29. The number of aromatic nitrogens is 3. The number of likely N-dealkylation sites (N-methyl/N-ethyl adjacent to an activating group) is 1. The van der Waals surface area contributed by atoms with Gasteiger partial charge in [0.2, 0.25) is 17.7 Å². The van der Waals surface area contributed by atoms with Crippen molar-refractivity contribution >= 4 is 23.4 Å². The van der Waals surface area contributed by atoms with Crippen LogP contribution >= 0.6 is 0 Å². The Bertz CT molecular complexity index is 1260. The van der Waals surface area contributed by atoms with E-state index in [1.54, 1.807) is 17.2 Å². The average Bonchev–Trinajstić information content (AvgIpc) is 2.88. The minimum absolute atomic E-state index is 0.0713. The number of rotatable bonds is 6. The molecule has 2 aromatic heterocycles. The summed E-state index contributed by atoms with van der Waals surface area (Å²) < 4.78 is 43.7. The zero-order valence-electron chi connectivity index (χ0n) is 19.8. The third kappa shape index (κ3) is 4.65. The molecule has 1 atom stereocenters. The highest BCUT2D eigenvalue weighted by molar-refractivity contribution is 6.05. The predicted molar refractivity (Wildman–Crippen MR) is 128 cm³/mol. The van der Waals surface area contributed by atoms with Crippen molar-refractivity contribution in [2.24, 2.45) is 0 Å². The molecule has 0 saturated heterocycles. The molecular weight excluding hydrogens is 473 g/mol. The minimum Gasteiger partial charge on any atom is -0.473 e. The first-order chi connectivity index (χ1) is 17.2. The molecule has 0 spiro atoms. The number of benzene rings is 1. The molecule has 2 aliphatic heterocycles. The lowest BCUT2D eigenvalue weighted by Crippen LogP contribution is -2.53. The van der Waals surface area contributed by atoms with Crippen LogP contribution in [0.15, 0.2) is 42.6 Å². The number of pyridine rings is 1. The molecule has 3 aromatic rings. The van der Waals surface area contributed by atoms with Gasteiger partial charge in [-0.15, -0.1) is 0 Å². The number of nitrogens with one attached hydrogen (secondary N) is 1. The lowest BCUT2D eigenvalue weighted by Gasteiger charge is -2.41. The van der Waals surface area contributed by atoms with Crippen molar-refractivity contribution in [3.8, 4) is 5.88 Å². The summed E-state index contributed by atoms with van der Waals surface area (Å²) in [6.07, 6.45) is -1.05. The van der Waals surface area contributed by atoms with Crippen LogP contribution in [0, 0.1) is 0 Å². The first-order valence-electron chi connectivity index (χ1n) is 11.6. The molecule has 1 amide bonds. The van der Waals surface area contributed by atoms with Crippen molar-refractivity contribution in [3.63, 3.8) is 0 Å². The van der Waals surface area contributed by atoms with Crippen LogP contribution in [0.25, 0.3) is 0 Å². The fraction of sp³-hybridized carbons (Fsp3) is 0.360. The van der Waals surface area contributed by atoms with Gasteiger partial charge in [-0.05, 0) is 43.0 Å². The normalized spacial score (nSPS) is 17.1. The SMILES string of the molecule is C[C@H]1C(=O)N2CCCc3nc(NCc4ccc(OCc5ccc(C(F)(F)F)cc5)nc4)nc(c32)N1C. The van der Waals surface area contributed by atoms with Crippen molar-refractivity contribution in [3.05, 3.63) is 65.0 Å². The lowest BCUT2D eigenvalue weighted by molar-refractivity contribution is -0.137. The van der Waals surface area contributed by atoms with Gasteiger partial charge in [0.05, 0.1) is 11.3 Å². The number of nitrogens with zero attached hydrogens (tertiary/aromatic N) is 5. The van der Waals surface area contributed by atoms with Crippen LogP contribution in [0.2, 0.25) is 0 Å². The fourth-order valence-corrected chi connectivity index (χ4v) is 4.30. The van der Waals surface area contributed by atoms with E-state index < -0.39 is 11.7 Å². The number of carbonyl (C=O) groups excluding carboxylic acids is 1. The molecule has 2 aliphatic rings. The van der Waals surface area contributed by atoms with Gasteiger partial charge in [-0.1, -0.05) is 18.2 Å². The number of aryl methyl sites for hydroxylation is 1. The van der Waals surface area contributed by atoms with Gasteiger partial charge in [-0.2, -0.15) is 18.2 Å². The minimum atomic E-state index is -4.36. The molecule has 0 unspecified atom stereocenters. The van der Waals surface area contributed by atoms with Crippen molar-refractivity contribution < 1.29 is 22.7 Å². The quantitative estimate of drug-likeness (QED) is 0.546. The van der Waals surface area contributed by atoms with Gasteiger partial charge in [0.15, 0.2) is 5.82 Å². The Balaban J connectivity index is 1.21. The molecule has 5 rings (SSSR count). The van der Waals surface area contributed by atoms with Gasteiger partial charge in [0.25, 0.3) is 0 Å². The maximum absolute atomic E-state index is 12.7. The molecular formula is C25H25F3N6O2. The second-order valence-corrected chi connectivity index (χ2v) is 8.89. The zero-order chi connectivity index (χ0) is 25.4. The summed E-state index contributed by atoms with van der Waals surface area (Å²) in [6.45, 7) is 3.11. The van der Waals surface area contributed by atoms with Gasteiger partial charge in [-0.3, -0.25) is 4.79 Å². The van der Waals surface area contributed by atoms with Crippen molar-refractivity contribution in [1.82, 2.24) is 15.0 Å². The molecule has 0 radical (unpaired) electrons. The Morgan fingerprint density at radius 2 is 1.86 bits per heavy atom. The highest BCUT2D eigenvalue weighted by Crippen LogP contribution is 2.39. The third-order valence-corrected chi connectivity index (χ3v) is 6.46. The maximum atomic E-state index is 12.7. The van der Waals surface area contributed by atoms with E-state index >= 15 is 0 Å². The largest absolute Gasteiger partial charge is 0.473 e. The maximum Gasteiger partial charge on any atom is 0.416 e. The monoisotopic (exact) mass is 498 g/mol. The Labute approximate surface area is 206 Å². The summed E-state index contributed by atoms with van der Waals surface area (Å²) in [5.74, 6) is 1.68. The van der Waals surface area contributed by atoms with Crippen molar-refractivity contribution in [2.75, 3.05) is 28.7 Å². The predicted octanol–water partition coefficient (Wildman–Crippen LogP) is 4.20. The van der Waals surface area contributed by atoms with E-state index in [-0.39, 0.29) is 18.6 Å². The molecule has 36 heavy (non-hydrogen) atoms. The zero-order valence-corrected chi connectivity index (χ0v) is 19.8. The number of anilines is 3. The number of carbonyl (C=O) groups is 1. The smallest absolute Gasteiger partial charge is 0.416 e. The Kier molecular flexibility index (Phi) is 6.15. The summed E-state index contributed by atoms with van der Waals surface area (Å²) in [7, 11) is 1.87. The first-order valence-corrected chi connectivity index (χ1v) is 11.6. The highest BCUT2D eigenvalue weighted by atomic mass is 19.4. The van der Waals surface area contributed by atoms with Gasteiger partial charge >= 0.3 is 6.18 Å². The Hall–Kier alpha value is -3.89. The molecule has 0 bridgehead atoms. The fourth-order valence-electron chi connectivity index (χ4n) is 4.30. The molecule has 8 nitrogen and oxygen atoms in total. The molecule has 1 aromatic carbocycles. The van der Waals surface area contributed by atoms with E-state index in [4.69, 9.17) is 4.74 Å². The van der Waals surface area contributed by atoms with Crippen molar-refractivity contribution in [1.29, 1.82) is 0 Å². The molecule has 0 aliphatic carbocycles. The van der Waals surface area contributed by atoms with Gasteiger partial charge < -0.3 is 19.9 Å². The molecule has 4 heterocycles. The van der Waals surface area contributed by atoms with E-state index in [9.17, 15) is 18.0 Å². The van der Waals surface area contributed by atoms with Crippen molar-refractivity contribution in [2.45, 2.75) is 45.1 Å². The summed E-state index contributed by atoms with van der Waals surface area (Å²) >= 11 is 0. The van der Waals surface area contributed by atoms with E-state index in [0.29, 0.717) is 30.5 Å². The number of halogens is 3. The average molecular weight is 499 g/mol. The topological polar surface area (TPSA) is 83.5 Å². The van der Waals surface area contributed by atoms with Crippen LogP contribution in [0.3, 0.4) is 0 Å². The highest BCUT2D eigenvalue weighted by Gasteiger charge is 2.38. The van der Waals surface area contributed by atoms with Gasteiger partial charge in [0, 0.05) is 32.4 Å². The van der Waals surface area contributed by atoms with E-state index in [0.717, 1.165) is 47.7 Å².